The summed E-state index contributed by atoms with van der Waals surface area (Å²) in [5.74, 6) is 1.57. The molecule has 0 bridgehead atoms. The molecule has 0 N–H and O–H groups in total. The molecule has 2 aliphatic heterocycles. The molecule has 3 rings (SSSR count). The van der Waals surface area contributed by atoms with Gasteiger partial charge in [-0.15, -0.1) is 0 Å². The van der Waals surface area contributed by atoms with Gasteiger partial charge < -0.3 is 14.4 Å². The van der Waals surface area contributed by atoms with E-state index in [-0.39, 0.29) is 11.7 Å². The van der Waals surface area contributed by atoms with Gasteiger partial charge in [0.15, 0.2) is 17.3 Å². The van der Waals surface area contributed by atoms with Crippen molar-refractivity contribution >= 4 is 11.7 Å². The summed E-state index contributed by atoms with van der Waals surface area (Å²) in [6.07, 6.45) is 5.87. The van der Waals surface area contributed by atoms with Crippen LogP contribution in [0.25, 0.3) is 0 Å². The van der Waals surface area contributed by atoms with E-state index in [0.717, 1.165) is 25.8 Å². The van der Waals surface area contributed by atoms with Crippen LogP contribution in [-0.2, 0) is 4.79 Å². The van der Waals surface area contributed by atoms with E-state index in [4.69, 9.17) is 9.47 Å². The van der Waals surface area contributed by atoms with Crippen molar-refractivity contribution in [3.05, 3.63) is 23.8 Å². The first-order chi connectivity index (χ1) is 12.2. The maximum Gasteiger partial charge on any atom is 0.222 e. The largest absolute Gasteiger partial charge is 0.486 e. The van der Waals surface area contributed by atoms with Crippen LogP contribution in [0, 0.1) is 0 Å². The van der Waals surface area contributed by atoms with Crippen LogP contribution < -0.4 is 9.47 Å². The van der Waals surface area contributed by atoms with Crippen molar-refractivity contribution in [2.45, 2.75) is 57.9 Å². The van der Waals surface area contributed by atoms with Gasteiger partial charge in [0.25, 0.3) is 0 Å². The molecular weight excluding hydrogens is 318 g/mol. The normalized spacial score (nSPS) is 19.6. The van der Waals surface area contributed by atoms with Gasteiger partial charge in [-0.05, 0) is 50.3 Å². The monoisotopic (exact) mass is 345 g/mol. The molecule has 0 radical (unpaired) electrons. The number of benzene rings is 1. The fourth-order valence-corrected chi connectivity index (χ4v) is 3.66. The fraction of sp³-hybridized carbons (Fsp3) is 0.600. The molecule has 2 heterocycles. The summed E-state index contributed by atoms with van der Waals surface area (Å²) in [6, 6.07) is 5.69. The Bertz CT molecular complexity index is 628. The Morgan fingerprint density at radius 2 is 1.92 bits per heavy atom. The molecule has 25 heavy (non-hydrogen) atoms. The molecule has 2 aliphatic rings. The standard InChI is InChI=1S/C20H27NO4/c1-2-16-6-3-4-11-21(16)20(23)8-5-7-17(22)15-9-10-18-19(14-15)25-13-12-24-18/h9-10,14,16H,2-8,11-13H2,1H3. The lowest BCUT2D eigenvalue weighted by Crippen LogP contribution is -2.43. The van der Waals surface area contributed by atoms with Crippen molar-refractivity contribution in [2.24, 2.45) is 0 Å². The highest BCUT2D eigenvalue weighted by Crippen LogP contribution is 2.31. The van der Waals surface area contributed by atoms with Crippen molar-refractivity contribution < 1.29 is 19.1 Å². The quantitative estimate of drug-likeness (QED) is 0.739. The SMILES string of the molecule is CCC1CCCCN1C(=O)CCCC(=O)c1ccc2c(c1)OCCO2. The van der Waals surface area contributed by atoms with Gasteiger partial charge in [0.05, 0.1) is 0 Å². The predicted octanol–water partition coefficient (Wildman–Crippen LogP) is 3.60. The van der Waals surface area contributed by atoms with E-state index in [1.54, 1.807) is 18.2 Å². The number of carbonyl (C=O) groups excluding carboxylic acids is 2. The molecule has 1 saturated heterocycles. The number of nitrogens with zero attached hydrogens (tertiary/aromatic N) is 1. The Morgan fingerprint density at radius 1 is 1.12 bits per heavy atom. The first kappa shape index (κ1) is 17.8. The van der Waals surface area contributed by atoms with Crippen LogP contribution in [0.15, 0.2) is 18.2 Å². The second-order valence-electron chi connectivity index (χ2n) is 6.78. The summed E-state index contributed by atoms with van der Waals surface area (Å²) in [6.45, 7) is 4.06. The van der Waals surface area contributed by atoms with Crippen LogP contribution >= 0.6 is 0 Å². The summed E-state index contributed by atoms with van der Waals surface area (Å²) in [5, 5.41) is 0. The molecule has 1 fully saturated rings. The summed E-state index contributed by atoms with van der Waals surface area (Å²) >= 11 is 0. The minimum atomic E-state index is 0.0514. The van der Waals surface area contributed by atoms with Gasteiger partial charge in [0.2, 0.25) is 5.91 Å². The Kier molecular flexibility index (Phi) is 5.95. The number of fused-ring (bicyclic) bond motifs is 1. The molecular formula is C20H27NO4. The number of Topliss-reactive ketones (excluding diaryl/α,β-unsaturated/α-hetero) is 1. The van der Waals surface area contributed by atoms with Crippen molar-refractivity contribution in [3.8, 4) is 11.5 Å². The highest BCUT2D eigenvalue weighted by atomic mass is 16.6. The van der Waals surface area contributed by atoms with Gasteiger partial charge in [-0.3, -0.25) is 9.59 Å². The van der Waals surface area contributed by atoms with Crippen LogP contribution in [0.3, 0.4) is 0 Å². The van der Waals surface area contributed by atoms with Crippen molar-refractivity contribution in [1.82, 2.24) is 4.90 Å². The van der Waals surface area contributed by atoms with E-state index in [1.165, 1.54) is 6.42 Å². The smallest absolute Gasteiger partial charge is 0.222 e. The molecule has 5 nitrogen and oxygen atoms in total. The molecule has 0 aliphatic carbocycles. The average molecular weight is 345 g/mol. The van der Waals surface area contributed by atoms with Crippen LogP contribution in [0.2, 0.25) is 0 Å². The number of rotatable bonds is 6. The Labute approximate surface area is 149 Å². The third kappa shape index (κ3) is 4.33. The highest BCUT2D eigenvalue weighted by Gasteiger charge is 2.25. The maximum absolute atomic E-state index is 12.5. The van der Waals surface area contributed by atoms with Crippen LogP contribution in [0.5, 0.6) is 11.5 Å². The molecule has 136 valence electrons. The summed E-state index contributed by atoms with van der Waals surface area (Å²) in [5.41, 5.74) is 0.626. The van der Waals surface area contributed by atoms with Crippen LogP contribution in [-0.4, -0.2) is 42.4 Å². The Morgan fingerprint density at radius 3 is 2.72 bits per heavy atom. The molecule has 1 atom stereocenters. The number of ether oxygens (including phenoxy) is 2. The Balaban J connectivity index is 1.50. The summed E-state index contributed by atoms with van der Waals surface area (Å²) in [7, 11) is 0. The van der Waals surface area contributed by atoms with Crippen molar-refractivity contribution in [3.63, 3.8) is 0 Å². The number of hydrogen-bond donors (Lipinski definition) is 0. The zero-order chi connectivity index (χ0) is 17.6. The molecule has 1 amide bonds. The lowest BCUT2D eigenvalue weighted by Gasteiger charge is -2.35. The zero-order valence-corrected chi connectivity index (χ0v) is 15.0. The molecule has 1 unspecified atom stereocenters. The van der Waals surface area contributed by atoms with Gasteiger partial charge in [-0.2, -0.15) is 0 Å². The van der Waals surface area contributed by atoms with E-state index < -0.39 is 0 Å². The summed E-state index contributed by atoms with van der Waals surface area (Å²) < 4.78 is 11.0. The average Bonchev–Trinajstić information content (AvgIpc) is 2.67. The van der Waals surface area contributed by atoms with E-state index >= 15 is 0 Å². The van der Waals surface area contributed by atoms with Crippen LogP contribution in [0.4, 0.5) is 0 Å². The number of hydrogen-bond acceptors (Lipinski definition) is 4. The van der Waals surface area contributed by atoms with Gasteiger partial charge in [-0.25, -0.2) is 0 Å². The number of piperidine rings is 1. The molecule has 0 saturated carbocycles. The molecule has 0 aromatic heterocycles. The van der Waals surface area contributed by atoms with E-state index in [0.29, 0.717) is 55.6 Å². The number of ketones is 1. The first-order valence-electron chi connectivity index (χ1n) is 9.41. The highest BCUT2D eigenvalue weighted by molar-refractivity contribution is 5.96. The van der Waals surface area contributed by atoms with Gasteiger partial charge in [0, 0.05) is 31.0 Å². The van der Waals surface area contributed by atoms with Crippen molar-refractivity contribution in [2.75, 3.05) is 19.8 Å². The lowest BCUT2D eigenvalue weighted by molar-refractivity contribution is -0.135. The fourth-order valence-electron chi connectivity index (χ4n) is 3.66. The lowest BCUT2D eigenvalue weighted by atomic mass is 9.99. The molecule has 1 aromatic carbocycles. The summed E-state index contributed by atoms with van der Waals surface area (Å²) in [4.78, 5) is 26.9. The molecule has 5 heteroatoms. The second kappa shape index (κ2) is 8.37. The number of carbonyl (C=O) groups is 2. The van der Waals surface area contributed by atoms with Gasteiger partial charge in [-0.1, -0.05) is 6.92 Å². The third-order valence-corrected chi connectivity index (χ3v) is 5.08. The minimum Gasteiger partial charge on any atom is -0.486 e. The number of likely N-dealkylation sites (tertiary alicyclic amines) is 1. The molecule has 0 spiro atoms. The van der Waals surface area contributed by atoms with E-state index in [1.807, 2.05) is 4.90 Å². The third-order valence-electron chi connectivity index (χ3n) is 5.08. The maximum atomic E-state index is 12.5. The molecule has 1 aromatic rings. The predicted molar refractivity (Wildman–Crippen MR) is 95.3 cm³/mol. The van der Waals surface area contributed by atoms with Crippen LogP contribution in [0.1, 0.15) is 62.2 Å². The van der Waals surface area contributed by atoms with Gasteiger partial charge in [0.1, 0.15) is 13.2 Å². The number of amides is 1. The van der Waals surface area contributed by atoms with Gasteiger partial charge >= 0.3 is 0 Å². The van der Waals surface area contributed by atoms with E-state index in [2.05, 4.69) is 6.92 Å². The Hall–Kier alpha value is -2.04. The van der Waals surface area contributed by atoms with Crippen molar-refractivity contribution in [1.29, 1.82) is 0 Å². The zero-order valence-electron chi connectivity index (χ0n) is 15.0. The minimum absolute atomic E-state index is 0.0514. The second-order valence-corrected chi connectivity index (χ2v) is 6.78. The topological polar surface area (TPSA) is 55.8 Å². The van der Waals surface area contributed by atoms with E-state index in [9.17, 15) is 9.59 Å². The first-order valence-corrected chi connectivity index (χ1v) is 9.41.